The molecule has 0 saturated carbocycles. The number of nitrogens with zero attached hydrogens (tertiary/aromatic N) is 1. The first kappa shape index (κ1) is 10.4. The summed E-state index contributed by atoms with van der Waals surface area (Å²) in [6, 6.07) is 5.85. The van der Waals surface area contributed by atoms with Crippen LogP contribution in [0.25, 0.3) is 0 Å². The molecule has 0 N–H and O–H groups in total. The van der Waals surface area contributed by atoms with E-state index in [0.29, 0.717) is 11.7 Å². The molecule has 0 bridgehead atoms. The number of rotatable bonds is 1. The first-order valence-corrected chi connectivity index (χ1v) is 5.28. The Morgan fingerprint density at radius 2 is 2.20 bits per heavy atom. The molecule has 1 aromatic rings. The van der Waals surface area contributed by atoms with E-state index in [-0.39, 0.29) is 12.5 Å². The molecule has 1 aromatic carbocycles. The normalized spacial score (nSPS) is 15.2. The topological polar surface area (TPSA) is 29.5 Å². The van der Waals surface area contributed by atoms with Gasteiger partial charge >= 0.3 is 0 Å². The molecule has 0 spiro atoms. The molecule has 0 radical (unpaired) electrons. The van der Waals surface area contributed by atoms with Crippen LogP contribution in [0.1, 0.15) is 25.3 Å². The lowest BCUT2D eigenvalue weighted by atomic mass is 10.0. The number of fused-ring (bicyclic) bond motifs is 1. The third kappa shape index (κ3) is 1.81. The van der Waals surface area contributed by atoms with Crippen LogP contribution in [0, 0.1) is 0 Å². The van der Waals surface area contributed by atoms with Crippen molar-refractivity contribution in [2.24, 2.45) is 0 Å². The number of ether oxygens (including phenoxy) is 1. The average Bonchev–Trinajstić information content (AvgIpc) is 2.23. The summed E-state index contributed by atoms with van der Waals surface area (Å²) in [4.78, 5) is 11.4. The molecule has 0 saturated heterocycles. The fourth-order valence-corrected chi connectivity index (χ4v) is 1.73. The van der Waals surface area contributed by atoms with Gasteiger partial charge in [-0.1, -0.05) is 32.7 Å². The summed E-state index contributed by atoms with van der Waals surface area (Å²) in [6.45, 7) is 4.28. The fraction of sp³-hybridized carbons (Fsp3) is 0.364. The van der Waals surface area contributed by atoms with Gasteiger partial charge in [0.05, 0.1) is 5.69 Å². The van der Waals surface area contributed by atoms with Crippen LogP contribution < -0.4 is 9.04 Å². The van der Waals surface area contributed by atoms with Crippen molar-refractivity contribution in [3.05, 3.63) is 23.8 Å². The lowest BCUT2D eigenvalue weighted by Crippen LogP contribution is -2.31. The number of amides is 1. The van der Waals surface area contributed by atoms with E-state index in [0.717, 1.165) is 5.69 Å². The lowest BCUT2D eigenvalue weighted by Gasteiger charge is -2.25. The standard InChI is InChI=1S/C11H13NO2S/c1-7(2)8-3-4-10-9(5-8)12(15)11(13)6-14-10/h3-5,7,15H,6H2,1-2H3. The Kier molecular flexibility index (Phi) is 2.61. The summed E-state index contributed by atoms with van der Waals surface area (Å²) in [6.07, 6.45) is 0. The minimum absolute atomic E-state index is 0.0670. The van der Waals surface area contributed by atoms with Crippen molar-refractivity contribution < 1.29 is 9.53 Å². The van der Waals surface area contributed by atoms with E-state index < -0.39 is 0 Å². The van der Waals surface area contributed by atoms with Gasteiger partial charge in [0.1, 0.15) is 5.75 Å². The maximum Gasteiger partial charge on any atom is 0.274 e. The summed E-state index contributed by atoms with van der Waals surface area (Å²) < 4.78 is 6.65. The molecule has 1 aliphatic heterocycles. The van der Waals surface area contributed by atoms with Gasteiger partial charge in [-0.15, -0.1) is 0 Å². The molecule has 4 heteroatoms. The van der Waals surface area contributed by atoms with E-state index >= 15 is 0 Å². The predicted octanol–water partition coefficient (Wildman–Crippen LogP) is 2.38. The number of hydrogen-bond donors (Lipinski definition) is 1. The van der Waals surface area contributed by atoms with Gasteiger partial charge in [-0.25, -0.2) is 0 Å². The molecule has 2 rings (SSSR count). The monoisotopic (exact) mass is 223 g/mol. The number of carbonyl (C=O) groups is 1. The van der Waals surface area contributed by atoms with Crippen molar-refractivity contribution in [1.82, 2.24) is 0 Å². The molecular weight excluding hydrogens is 210 g/mol. The van der Waals surface area contributed by atoms with Crippen molar-refractivity contribution >= 4 is 24.4 Å². The molecular formula is C11H13NO2S. The molecule has 3 nitrogen and oxygen atoms in total. The zero-order chi connectivity index (χ0) is 11.0. The van der Waals surface area contributed by atoms with Crippen molar-refractivity contribution in [3.8, 4) is 5.75 Å². The second kappa shape index (κ2) is 3.77. The van der Waals surface area contributed by atoms with Crippen LogP contribution in [0.2, 0.25) is 0 Å². The average molecular weight is 223 g/mol. The third-order valence-electron chi connectivity index (χ3n) is 2.47. The Balaban J connectivity index is 2.45. The minimum Gasteiger partial charge on any atom is -0.481 e. The molecule has 1 amide bonds. The first-order valence-electron chi connectivity index (χ1n) is 4.88. The van der Waals surface area contributed by atoms with Gasteiger partial charge in [-0.05, 0) is 23.6 Å². The van der Waals surface area contributed by atoms with Crippen molar-refractivity contribution in [2.75, 3.05) is 10.9 Å². The van der Waals surface area contributed by atoms with Crippen LogP contribution in [-0.4, -0.2) is 12.5 Å². The summed E-state index contributed by atoms with van der Waals surface area (Å²) in [5, 5.41) is 0. The molecule has 0 atom stereocenters. The molecule has 1 heterocycles. The number of thiol groups is 1. The molecule has 0 unspecified atom stereocenters. The van der Waals surface area contributed by atoms with Crippen molar-refractivity contribution in [2.45, 2.75) is 19.8 Å². The van der Waals surface area contributed by atoms with Gasteiger partial charge in [-0.3, -0.25) is 9.10 Å². The molecule has 15 heavy (non-hydrogen) atoms. The largest absolute Gasteiger partial charge is 0.481 e. The lowest BCUT2D eigenvalue weighted by molar-refractivity contribution is -0.119. The highest BCUT2D eigenvalue weighted by molar-refractivity contribution is 7.82. The van der Waals surface area contributed by atoms with Crippen LogP contribution in [0.4, 0.5) is 5.69 Å². The number of hydrogen-bond acceptors (Lipinski definition) is 3. The van der Waals surface area contributed by atoms with E-state index in [1.54, 1.807) is 0 Å². The molecule has 0 fully saturated rings. The zero-order valence-electron chi connectivity index (χ0n) is 8.73. The van der Waals surface area contributed by atoms with E-state index in [2.05, 4.69) is 26.7 Å². The second-order valence-corrected chi connectivity index (χ2v) is 4.28. The van der Waals surface area contributed by atoms with Crippen LogP contribution in [0.15, 0.2) is 18.2 Å². The Morgan fingerprint density at radius 3 is 2.87 bits per heavy atom. The fourth-order valence-electron chi connectivity index (χ4n) is 1.52. The Labute approximate surface area is 94.6 Å². The van der Waals surface area contributed by atoms with Crippen LogP contribution in [-0.2, 0) is 4.79 Å². The summed E-state index contributed by atoms with van der Waals surface area (Å²) >= 11 is 4.15. The van der Waals surface area contributed by atoms with Gasteiger partial charge in [0.15, 0.2) is 6.61 Å². The number of carbonyl (C=O) groups excluding carboxylic acids is 1. The van der Waals surface area contributed by atoms with E-state index in [4.69, 9.17) is 4.74 Å². The SMILES string of the molecule is CC(C)c1ccc2c(c1)N(S)C(=O)CO2. The van der Waals surface area contributed by atoms with Gasteiger partial charge in [0.2, 0.25) is 0 Å². The molecule has 0 aliphatic carbocycles. The molecule has 80 valence electrons. The van der Waals surface area contributed by atoms with E-state index in [9.17, 15) is 4.79 Å². The predicted molar refractivity (Wildman–Crippen MR) is 62.5 cm³/mol. The van der Waals surface area contributed by atoms with Crippen LogP contribution >= 0.6 is 12.8 Å². The van der Waals surface area contributed by atoms with Crippen molar-refractivity contribution in [3.63, 3.8) is 0 Å². The maximum atomic E-state index is 11.4. The number of anilines is 1. The van der Waals surface area contributed by atoms with Gasteiger partial charge in [0, 0.05) is 0 Å². The second-order valence-electron chi connectivity index (χ2n) is 3.88. The summed E-state index contributed by atoms with van der Waals surface area (Å²) in [5.74, 6) is 1.01. The highest BCUT2D eigenvalue weighted by Gasteiger charge is 2.23. The Hall–Kier alpha value is -1.16. The summed E-state index contributed by atoms with van der Waals surface area (Å²) in [7, 11) is 0. The minimum atomic E-state index is -0.133. The van der Waals surface area contributed by atoms with Gasteiger partial charge in [-0.2, -0.15) is 0 Å². The first-order chi connectivity index (χ1) is 7.09. The number of benzene rings is 1. The van der Waals surface area contributed by atoms with Crippen molar-refractivity contribution in [1.29, 1.82) is 0 Å². The molecule has 1 aliphatic rings. The van der Waals surface area contributed by atoms with Gasteiger partial charge in [0.25, 0.3) is 5.91 Å². The van der Waals surface area contributed by atoms with Crippen LogP contribution in [0.3, 0.4) is 0 Å². The van der Waals surface area contributed by atoms with Crippen LogP contribution in [0.5, 0.6) is 5.75 Å². The maximum absolute atomic E-state index is 11.4. The summed E-state index contributed by atoms with van der Waals surface area (Å²) in [5.41, 5.74) is 1.91. The quantitative estimate of drug-likeness (QED) is 0.741. The third-order valence-corrected chi connectivity index (χ3v) is 2.90. The highest BCUT2D eigenvalue weighted by Crippen LogP contribution is 2.35. The Bertz CT molecular complexity index is 404. The van der Waals surface area contributed by atoms with E-state index in [1.165, 1.54) is 9.87 Å². The van der Waals surface area contributed by atoms with E-state index in [1.807, 2.05) is 18.2 Å². The zero-order valence-corrected chi connectivity index (χ0v) is 9.62. The smallest absolute Gasteiger partial charge is 0.274 e. The van der Waals surface area contributed by atoms with Gasteiger partial charge < -0.3 is 4.74 Å². The molecule has 0 aromatic heterocycles. The Morgan fingerprint density at radius 1 is 1.47 bits per heavy atom. The highest BCUT2D eigenvalue weighted by atomic mass is 32.1.